The lowest BCUT2D eigenvalue weighted by molar-refractivity contribution is 0.133. The van der Waals surface area contributed by atoms with Crippen LogP contribution in [0.2, 0.25) is 0 Å². The van der Waals surface area contributed by atoms with Crippen LogP contribution < -0.4 is 0 Å². The first-order chi connectivity index (χ1) is 11.9. The Morgan fingerprint density at radius 2 is 2.04 bits per heavy atom. The van der Waals surface area contributed by atoms with E-state index in [4.69, 9.17) is 4.84 Å². The highest BCUT2D eigenvalue weighted by Gasteiger charge is 2.22. The average Bonchev–Trinajstić information content (AvgIpc) is 3.54. The second-order valence-electron chi connectivity index (χ2n) is 6.63. The fraction of sp³-hybridized carbons (Fsp3) is 0.400. The van der Waals surface area contributed by atoms with Gasteiger partial charge in [-0.2, -0.15) is 0 Å². The third-order valence-electron chi connectivity index (χ3n) is 4.29. The molecule has 0 atom stereocenters. The van der Waals surface area contributed by atoms with Crippen molar-refractivity contribution < 1.29 is 4.84 Å². The molecule has 1 aromatic heterocycles. The highest BCUT2D eigenvalue weighted by molar-refractivity contribution is 6.00. The van der Waals surface area contributed by atoms with E-state index in [1.807, 2.05) is 10.8 Å². The van der Waals surface area contributed by atoms with Crippen molar-refractivity contribution in [2.45, 2.75) is 32.2 Å². The summed E-state index contributed by atoms with van der Waals surface area (Å²) in [5.74, 6) is 7.86. The van der Waals surface area contributed by atoms with E-state index < -0.39 is 0 Å². The molecule has 2 aliphatic rings. The van der Waals surface area contributed by atoms with E-state index in [-0.39, 0.29) is 0 Å². The molecule has 0 radical (unpaired) electrons. The molecule has 4 nitrogen and oxygen atoms in total. The Labute approximate surface area is 142 Å². The third-order valence-corrected chi connectivity index (χ3v) is 4.29. The molecule has 0 amide bonds. The predicted octanol–water partition coefficient (Wildman–Crippen LogP) is 3.48. The normalized spacial score (nSPS) is 17.2. The van der Waals surface area contributed by atoms with Gasteiger partial charge in [-0.3, -0.25) is 0 Å². The minimum atomic E-state index is 0.624. The van der Waals surface area contributed by atoms with Crippen LogP contribution in [0.25, 0.3) is 0 Å². The molecule has 2 saturated carbocycles. The van der Waals surface area contributed by atoms with E-state index in [0.29, 0.717) is 18.4 Å². The number of hydrogen-bond donors (Lipinski definition) is 0. The number of oxime groups is 1. The molecule has 0 saturated heterocycles. The molecular weight excluding hydrogens is 298 g/mol. The molecule has 2 fully saturated rings. The van der Waals surface area contributed by atoms with Crippen molar-refractivity contribution in [3.05, 3.63) is 54.1 Å². The largest absolute Gasteiger partial charge is 0.395 e. The van der Waals surface area contributed by atoms with Crippen LogP contribution >= 0.6 is 0 Å². The smallest absolute Gasteiger partial charge is 0.120 e. The molecule has 0 N–H and O–H groups in total. The zero-order valence-corrected chi connectivity index (χ0v) is 13.7. The first kappa shape index (κ1) is 15.0. The van der Waals surface area contributed by atoms with E-state index in [2.05, 4.69) is 46.2 Å². The highest BCUT2D eigenvalue weighted by atomic mass is 16.6. The maximum absolute atomic E-state index is 5.57. The lowest BCUT2D eigenvalue weighted by Gasteiger charge is -2.08. The number of rotatable bonds is 6. The fourth-order valence-electron chi connectivity index (χ4n) is 2.39. The summed E-state index contributed by atoms with van der Waals surface area (Å²) in [4.78, 5) is 9.66. The van der Waals surface area contributed by atoms with Gasteiger partial charge in [-0.25, -0.2) is 4.98 Å². The first-order valence-electron chi connectivity index (χ1n) is 8.63. The lowest BCUT2D eigenvalue weighted by atomic mass is 10.1. The van der Waals surface area contributed by atoms with Crippen LogP contribution in [0, 0.1) is 23.7 Å². The summed E-state index contributed by atoms with van der Waals surface area (Å²) in [6.07, 6.45) is 10.6. The van der Waals surface area contributed by atoms with Crippen molar-refractivity contribution in [2.24, 2.45) is 17.0 Å². The Balaban J connectivity index is 1.48. The van der Waals surface area contributed by atoms with E-state index in [1.165, 1.54) is 25.7 Å². The molecule has 0 bridgehead atoms. The summed E-state index contributed by atoms with van der Waals surface area (Å²) in [5.41, 5.74) is 3.04. The van der Waals surface area contributed by atoms with Crippen molar-refractivity contribution >= 4 is 5.71 Å². The van der Waals surface area contributed by atoms with Gasteiger partial charge in [-0.05, 0) is 43.7 Å². The van der Waals surface area contributed by atoms with Crippen LogP contribution in [0.15, 0.2) is 48.1 Å². The third kappa shape index (κ3) is 4.26. The van der Waals surface area contributed by atoms with Gasteiger partial charge in [-0.1, -0.05) is 29.1 Å². The quantitative estimate of drug-likeness (QED) is 0.464. The zero-order chi connectivity index (χ0) is 16.2. The summed E-state index contributed by atoms with van der Waals surface area (Å²) in [6.45, 7) is 1.37. The standard InChI is InChI=1S/C20H21N3O/c1-2-16(1)3-4-17-7-9-19(10-8-17)20(13-23-12-11-21-15-23)22-24-14-18-5-6-18/h7-12,15-16,18H,1-2,5-6,13-14H2/b22-20+. The molecule has 2 aromatic rings. The zero-order valence-electron chi connectivity index (χ0n) is 13.7. The minimum absolute atomic E-state index is 0.624. The topological polar surface area (TPSA) is 39.4 Å². The van der Waals surface area contributed by atoms with E-state index in [0.717, 1.165) is 23.4 Å². The summed E-state index contributed by atoms with van der Waals surface area (Å²) in [6, 6.07) is 8.28. The molecule has 24 heavy (non-hydrogen) atoms. The van der Waals surface area contributed by atoms with Gasteiger partial charge in [0.15, 0.2) is 0 Å². The molecule has 1 heterocycles. The maximum atomic E-state index is 5.57. The van der Waals surface area contributed by atoms with Crippen molar-refractivity contribution in [1.82, 2.24) is 9.55 Å². The SMILES string of the molecule is C(#CC1CC1)c1ccc(/C(Cn2ccnc2)=N/OCC2CC2)cc1. The molecule has 1 aromatic carbocycles. The number of imidazole rings is 1. The number of nitrogens with zero attached hydrogens (tertiary/aromatic N) is 3. The van der Waals surface area contributed by atoms with Gasteiger partial charge >= 0.3 is 0 Å². The van der Waals surface area contributed by atoms with Gasteiger partial charge in [-0.15, -0.1) is 0 Å². The molecule has 0 spiro atoms. The van der Waals surface area contributed by atoms with Gasteiger partial charge in [0.2, 0.25) is 0 Å². The second-order valence-corrected chi connectivity index (χ2v) is 6.63. The van der Waals surface area contributed by atoms with Crippen molar-refractivity contribution in [1.29, 1.82) is 0 Å². The van der Waals surface area contributed by atoms with Gasteiger partial charge in [0.05, 0.1) is 12.9 Å². The Bertz CT molecular complexity index is 757. The molecule has 122 valence electrons. The molecule has 4 rings (SSSR count). The van der Waals surface area contributed by atoms with E-state index in [1.54, 1.807) is 12.5 Å². The Kier molecular flexibility index (Phi) is 4.33. The Morgan fingerprint density at radius 1 is 1.21 bits per heavy atom. The summed E-state index contributed by atoms with van der Waals surface area (Å²) < 4.78 is 2.00. The summed E-state index contributed by atoms with van der Waals surface area (Å²) in [7, 11) is 0. The highest BCUT2D eigenvalue weighted by Crippen LogP contribution is 2.29. The first-order valence-corrected chi connectivity index (χ1v) is 8.63. The summed E-state index contributed by atoms with van der Waals surface area (Å²) >= 11 is 0. The van der Waals surface area contributed by atoms with Crippen LogP contribution in [0.1, 0.15) is 36.8 Å². The van der Waals surface area contributed by atoms with Crippen LogP contribution in [-0.4, -0.2) is 21.9 Å². The van der Waals surface area contributed by atoms with Crippen molar-refractivity contribution in [2.75, 3.05) is 6.61 Å². The van der Waals surface area contributed by atoms with Crippen LogP contribution in [0.5, 0.6) is 0 Å². The van der Waals surface area contributed by atoms with Crippen LogP contribution in [0.3, 0.4) is 0 Å². The number of hydrogen-bond acceptors (Lipinski definition) is 3. The lowest BCUT2D eigenvalue weighted by Crippen LogP contribution is -2.11. The monoisotopic (exact) mass is 319 g/mol. The van der Waals surface area contributed by atoms with Gasteiger partial charge in [0.1, 0.15) is 12.3 Å². The Morgan fingerprint density at radius 3 is 2.71 bits per heavy atom. The maximum Gasteiger partial charge on any atom is 0.120 e. The van der Waals surface area contributed by atoms with E-state index in [9.17, 15) is 0 Å². The predicted molar refractivity (Wildman–Crippen MR) is 93.5 cm³/mol. The fourth-order valence-corrected chi connectivity index (χ4v) is 2.39. The van der Waals surface area contributed by atoms with E-state index >= 15 is 0 Å². The molecule has 2 aliphatic carbocycles. The van der Waals surface area contributed by atoms with Crippen LogP contribution in [0.4, 0.5) is 0 Å². The van der Waals surface area contributed by atoms with Crippen molar-refractivity contribution in [3.63, 3.8) is 0 Å². The van der Waals surface area contributed by atoms with Crippen molar-refractivity contribution in [3.8, 4) is 11.8 Å². The number of aromatic nitrogens is 2. The van der Waals surface area contributed by atoms with Gasteiger partial charge in [0.25, 0.3) is 0 Å². The molecule has 4 heteroatoms. The average molecular weight is 319 g/mol. The summed E-state index contributed by atoms with van der Waals surface area (Å²) in [5, 5.41) is 4.39. The number of benzene rings is 1. The van der Waals surface area contributed by atoms with Crippen LogP contribution in [-0.2, 0) is 11.4 Å². The Hall–Kier alpha value is -2.54. The molecule has 0 unspecified atom stereocenters. The minimum Gasteiger partial charge on any atom is -0.395 e. The van der Waals surface area contributed by atoms with Gasteiger partial charge < -0.3 is 9.40 Å². The van der Waals surface area contributed by atoms with Gasteiger partial charge in [0, 0.05) is 29.4 Å². The molecule has 0 aliphatic heterocycles. The second kappa shape index (κ2) is 6.92. The molecular formula is C20H21N3O.